The van der Waals surface area contributed by atoms with Crippen molar-refractivity contribution >= 4 is 22.7 Å². The van der Waals surface area contributed by atoms with Crippen LogP contribution in [0.3, 0.4) is 0 Å². The summed E-state index contributed by atoms with van der Waals surface area (Å²) in [6, 6.07) is 20.6. The van der Waals surface area contributed by atoms with E-state index in [1.807, 2.05) is 54.6 Å². The van der Waals surface area contributed by atoms with Crippen molar-refractivity contribution in [1.82, 2.24) is 4.98 Å². The van der Waals surface area contributed by atoms with E-state index in [4.69, 9.17) is 13.9 Å². The van der Waals surface area contributed by atoms with E-state index < -0.39 is 0 Å². The van der Waals surface area contributed by atoms with E-state index in [-0.39, 0.29) is 12.5 Å². The number of methoxy groups -OCH3 is 1. The van der Waals surface area contributed by atoms with Crippen molar-refractivity contribution < 1.29 is 18.7 Å². The highest BCUT2D eigenvalue weighted by atomic mass is 16.5. The van der Waals surface area contributed by atoms with Gasteiger partial charge in [0.05, 0.1) is 7.11 Å². The summed E-state index contributed by atoms with van der Waals surface area (Å²) in [7, 11) is 1.61. The Morgan fingerprint density at radius 2 is 1.71 bits per heavy atom. The van der Waals surface area contributed by atoms with Gasteiger partial charge in [0.25, 0.3) is 5.91 Å². The Labute approximate surface area is 180 Å². The molecule has 6 heteroatoms. The number of benzene rings is 3. The number of hydrogen-bond acceptors (Lipinski definition) is 5. The van der Waals surface area contributed by atoms with Crippen molar-refractivity contribution in [3.8, 4) is 23.0 Å². The summed E-state index contributed by atoms with van der Waals surface area (Å²) in [5, 5.41) is 2.83. The first kappa shape index (κ1) is 20.5. The van der Waals surface area contributed by atoms with Gasteiger partial charge in [0, 0.05) is 17.3 Å². The molecule has 0 atom stereocenters. The molecule has 4 rings (SSSR count). The average molecular weight is 416 g/mol. The number of amides is 1. The van der Waals surface area contributed by atoms with Crippen LogP contribution in [0, 0.1) is 0 Å². The molecule has 0 saturated carbocycles. The van der Waals surface area contributed by atoms with Crippen molar-refractivity contribution in [1.29, 1.82) is 0 Å². The monoisotopic (exact) mass is 416 g/mol. The highest BCUT2D eigenvalue weighted by molar-refractivity contribution is 5.92. The number of oxazole rings is 1. The summed E-state index contributed by atoms with van der Waals surface area (Å²) in [4.78, 5) is 16.7. The van der Waals surface area contributed by atoms with E-state index in [0.29, 0.717) is 28.8 Å². The fraction of sp³-hybridized carbons (Fsp3) is 0.200. The van der Waals surface area contributed by atoms with Gasteiger partial charge in [-0.1, -0.05) is 26.0 Å². The summed E-state index contributed by atoms with van der Waals surface area (Å²) >= 11 is 0. The van der Waals surface area contributed by atoms with Crippen molar-refractivity contribution in [2.45, 2.75) is 19.8 Å². The van der Waals surface area contributed by atoms with Crippen LogP contribution < -0.4 is 14.8 Å². The third-order valence-electron chi connectivity index (χ3n) is 4.93. The second-order valence-corrected chi connectivity index (χ2v) is 7.49. The standard InChI is InChI=1S/C25H24N2O4/c1-16(2)17-6-10-20(11-7-17)30-15-24(28)26-19-8-4-18(5-9-19)25-27-22-14-21(29-3)12-13-23(22)31-25/h4-14,16H,15H2,1-3H3,(H,26,28). The van der Waals surface area contributed by atoms with Gasteiger partial charge in [-0.2, -0.15) is 0 Å². The van der Waals surface area contributed by atoms with Gasteiger partial charge in [-0.25, -0.2) is 4.98 Å². The Kier molecular flexibility index (Phi) is 5.89. The average Bonchev–Trinajstić information content (AvgIpc) is 3.21. The molecule has 3 aromatic carbocycles. The smallest absolute Gasteiger partial charge is 0.262 e. The molecule has 0 fully saturated rings. The Bertz CT molecular complexity index is 1180. The van der Waals surface area contributed by atoms with Gasteiger partial charge in [-0.3, -0.25) is 4.79 Å². The Morgan fingerprint density at radius 3 is 2.39 bits per heavy atom. The summed E-state index contributed by atoms with van der Waals surface area (Å²) in [6.07, 6.45) is 0. The predicted octanol–water partition coefficient (Wildman–Crippen LogP) is 5.64. The predicted molar refractivity (Wildman–Crippen MR) is 121 cm³/mol. The molecule has 158 valence electrons. The van der Waals surface area contributed by atoms with Crippen molar-refractivity contribution in [2.75, 3.05) is 19.0 Å². The molecule has 1 aromatic heterocycles. The molecular formula is C25H24N2O4. The number of nitrogens with zero attached hydrogens (tertiary/aromatic N) is 1. The lowest BCUT2D eigenvalue weighted by atomic mass is 10.0. The zero-order valence-corrected chi connectivity index (χ0v) is 17.7. The van der Waals surface area contributed by atoms with Crippen LogP contribution in [0.5, 0.6) is 11.5 Å². The van der Waals surface area contributed by atoms with Gasteiger partial charge in [-0.15, -0.1) is 0 Å². The molecule has 1 heterocycles. The molecule has 6 nitrogen and oxygen atoms in total. The molecule has 0 aliphatic carbocycles. The highest BCUT2D eigenvalue weighted by Gasteiger charge is 2.10. The summed E-state index contributed by atoms with van der Waals surface area (Å²) in [5.41, 5.74) is 4.13. The molecule has 0 spiro atoms. The maximum absolute atomic E-state index is 12.2. The number of fused-ring (bicyclic) bond motifs is 1. The van der Waals surface area contributed by atoms with Crippen LogP contribution in [0.15, 0.2) is 71.1 Å². The summed E-state index contributed by atoms with van der Waals surface area (Å²) < 4.78 is 16.6. The largest absolute Gasteiger partial charge is 0.497 e. The molecule has 0 bridgehead atoms. The number of carbonyl (C=O) groups excluding carboxylic acids is 1. The number of ether oxygens (including phenoxy) is 2. The number of carbonyl (C=O) groups is 1. The van der Waals surface area contributed by atoms with Crippen molar-refractivity contribution in [2.24, 2.45) is 0 Å². The quantitative estimate of drug-likeness (QED) is 0.422. The first-order chi connectivity index (χ1) is 15.0. The third kappa shape index (κ3) is 4.86. The fourth-order valence-corrected chi connectivity index (χ4v) is 3.15. The van der Waals surface area contributed by atoms with E-state index in [9.17, 15) is 4.79 Å². The highest BCUT2D eigenvalue weighted by Crippen LogP contribution is 2.27. The van der Waals surface area contributed by atoms with Crippen molar-refractivity contribution in [3.63, 3.8) is 0 Å². The normalized spacial score (nSPS) is 11.0. The van der Waals surface area contributed by atoms with Crippen molar-refractivity contribution in [3.05, 3.63) is 72.3 Å². The van der Waals surface area contributed by atoms with E-state index in [1.54, 1.807) is 19.2 Å². The van der Waals surface area contributed by atoms with Gasteiger partial charge >= 0.3 is 0 Å². The molecule has 0 saturated heterocycles. The number of anilines is 1. The lowest BCUT2D eigenvalue weighted by Crippen LogP contribution is -2.20. The minimum absolute atomic E-state index is 0.0598. The molecule has 4 aromatic rings. The van der Waals surface area contributed by atoms with Gasteiger partial charge in [0.2, 0.25) is 5.89 Å². The van der Waals surface area contributed by atoms with Crippen LogP contribution in [-0.4, -0.2) is 24.6 Å². The maximum atomic E-state index is 12.2. The second-order valence-electron chi connectivity index (χ2n) is 7.49. The van der Waals surface area contributed by atoms with Crippen LogP contribution in [-0.2, 0) is 4.79 Å². The number of aromatic nitrogens is 1. The van der Waals surface area contributed by atoms with E-state index in [0.717, 1.165) is 16.8 Å². The van der Waals surface area contributed by atoms with Crippen LogP contribution >= 0.6 is 0 Å². The fourth-order valence-electron chi connectivity index (χ4n) is 3.15. The molecule has 1 N–H and O–H groups in total. The van der Waals surface area contributed by atoms with Gasteiger partial charge in [0.15, 0.2) is 12.2 Å². The first-order valence-corrected chi connectivity index (χ1v) is 10.1. The van der Waals surface area contributed by atoms with E-state index >= 15 is 0 Å². The molecule has 0 unspecified atom stereocenters. The molecule has 1 amide bonds. The van der Waals surface area contributed by atoms with Gasteiger partial charge in [0.1, 0.15) is 17.0 Å². The number of nitrogens with one attached hydrogen (secondary N) is 1. The van der Waals surface area contributed by atoms with Gasteiger partial charge < -0.3 is 19.2 Å². The van der Waals surface area contributed by atoms with Crippen LogP contribution in [0.2, 0.25) is 0 Å². The minimum Gasteiger partial charge on any atom is -0.497 e. The first-order valence-electron chi connectivity index (χ1n) is 10.1. The Morgan fingerprint density at radius 1 is 1.00 bits per heavy atom. The van der Waals surface area contributed by atoms with E-state index in [1.165, 1.54) is 5.56 Å². The van der Waals surface area contributed by atoms with E-state index in [2.05, 4.69) is 24.1 Å². The van der Waals surface area contributed by atoms with Gasteiger partial charge in [-0.05, 0) is 60.0 Å². The second kappa shape index (κ2) is 8.92. The molecule has 0 radical (unpaired) electrons. The molecule has 31 heavy (non-hydrogen) atoms. The number of hydrogen-bond donors (Lipinski definition) is 1. The SMILES string of the molecule is COc1ccc2oc(-c3ccc(NC(=O)COc4ccc(C(C)C)cc4)cc3)nc2c1. The minimum atomic E-state index is -0.227. The zero-order valence-electron chi connectivity index (χ0n) is 17.7. The van der Waals surface area contributed by atoms with Crippen LogP contribution in [0.1, 0.15) is 25.3 Å². The lowest BCUT2D eigenvalue weighted by Gasteiger charge is -2.09. The maximum Gasteiger partial charge on any atom is 0.262 e. The topological polar surface area (TPSA) is 73.6 Å². The Hall–Kier alpha value is -3.80. The molecular weight excluding hydrogens is 392 g/mol. The third-order valence-corrected chi connectivity index (χ3v) is 4.93. The van der Waals surface area contributed by atoms with Crippen LogP contribution in [0.4, 0.5) is 5.69 Å². The zero-order chi connectivity index (χ0) is 21.8. The van der Waals surface area contributed by atoms with Crippen LogP contribution in [0.25, 0.3) is 22.6 Å². The molecule has 0 aliphatic rings. The lowest BCUT2D eigenvalue weighted by molar-refractivity contribution is -0.118. The number of rotatable bonds is 7. The Balaban J connectivity index is 1.36. The molecule has 0 aliphatic heterocycles. The summed E-state index contributed by atoms with van der Waals surface area (Å²) in [6.45, 7) is 4.21. The summed E-state index contributed by atoms with van der Waals surface area (Å²) in [5.74, 6) is 2.13.